The first-order valence-electron chi connectivity index (χ1n) is 11.3. The summed E-state index contributed by atoms with van der Waals surface area (Å²) in [4.78, 5) is 31.0. The Hall–Kier alpha value is -3.30. The average molecular weight is 455 g/mol. The van der Waals surface area contributed by atoms with E-state index in [0.717, 1.165) is 31.6 Å². The Labute approximate surface area is 191 Å². The molecule has 9 nitrogen and oxygen atoms in total. The van der Waals surface area contributed by atoms with Gasteiger partial charge < -0.3 is 34.8 Å². The maximum Gasteiger partial charge on any atom is 0.338 e. The van der Waals surface area contributed by atoms with E-state index in [0.29, 0.717) is 48.0 Å². The quantitative estimate of drug-likeness (QED) is 0.289. The number of carbonyl (C=O) groups excluding carboxylic acids is 1. The lowest BCUT2D eigenvalue weighted by molar-refractivity contribution is -0.0219. The van der Waals surface area contributed by atoms with Crippen molar-refractivity contribution >= 4 is 22.7 Å². The highest BCUT2D eigenvalue weighted by Crippen LogP contribution is 2.23. The molecule has 2 heterocycles. The molecule has 4 rings (SSSR count). The number of benzene rings is 2. The van der Waals surface area contributed by atoms with Gasteiger partial charge in [-0.2, -0.15) is 0 Å². The molecule has 1 unspecified atom stereocenters. The lowest BCUT2D eigenvalue weighted by atomic mass is 10.0. The van der Waals surface area contributed by atoms with Crippen LogP contribution in [0.3, 0.4) is 0 Å². The zero-order valence-corrected chi connectivity index (χ0v) is 18.7. The Morgan fingerprint density at radius 1 is 1.18 bits per heavy atom. The molecule has 1 aromatic heterocycles. The summed E-state index contributed by atoms with van der Waals surface area (Å²) in [5.41, 5.74) is 2.56. The smallest absolute Gasteiger partial charge is 0.338 e. The number of anilines is 1. The van der Waals surface area contributed by atoms with E-state index in [9.17, 15) is 14.7 Å². The van der Waals surface area contributed by atoms with Gasteiger partial charge >= 0.3 is 11.7 Å². The second-order valence-electron chi connectivity index (χ2n) is 8.10. The van der Waals surface area contributed by atoms with Gasteiger partial charge in [0, 0.05) is 37.8 Å². The summed E-state index contributed by atoms with van der Waals surface area (Å²) in [5, 5.41) is 13.8. The highest BCUT2D eigenvalue weighted by molar-refractivity contribution is 5.89. The number of nitrogens with one attached hydrogen (secondary N) is 3. The Morgan fingerprint density at radius 3 is 2.67 bits per heavy atom. The first-order chi connectivity index (χ1) is 16.0. The van der Waals surface area contributed by atoms with Gasteiger partial charge in [0.15, 0.2) is 6.29 Å². The van der Waals surface area contributed by atoms with Crippen molar-refractivity contribution in [1.29, 1.82) is 0 Å². The number of esters is 1. The summed E-state index contributed by atoms with van der Waals surface area (Å²) in [6.07, 6.45) is 1.43. The maximum absolute atomic E-state index is 11.8. The molecule has 1 aliphatic heterocycles. The molecule has 0 bridgehead atoms. The van der Waals surface area contributed by atoms with E-state index in [-0.39, 0.29) is 11.7 Å². The first kappa shape index (κ1) is 22.9. The fraction of sp³-hybridized carbons (Fsp3) is 0.417. The topological polar surface area (TPSA) is 120 Å². The van der Waals surface area contributed by atoms with E-state index in [2.05, 4.69) is 20.2 Å². The molecule has 0 spiro atoms. The van der Waals surface area contributed by atoms with Gasteiger partial charge in [0.1, 0.15) is 11.3 Å². The van der Waals surface area contributed by atoms with Gasteiger partial charge in [-0.25, -0.2) is 9.59 Å². The molecule has 9 heteroatoms. The van der Waals surface area contributed by atoms with Crippen LogP contribution in [0.15, 0.2) is 47.3 Å². The molecule has 1 atom stereocenters. The highest BCUT2D eigenvalue weighted by Gasteiger charge is 2.20. The Kier molecular flexibility index (Phi) is 7.31. The third kappa shape index (κ3) is 5.74. The van der Waals surface area contributed by atoms with Crippen molar-refractivity contribution in [2.75, 3.05) is 31.1 Å². The maximum atomic E-state index is 11.8. The molecule has 0 amide bonds. The third-order valence-electron chi connectivity index (χ3n) is 5.84. The number of nitrogens with zero attached hydrogens (tertiary/aromatic N) is 1. The number of aromatic amines is 2. The number of rotatable bonds is 9. The molecule has 1 aliphatic rings. The minimum Gasteiger partial charge on any atom is -0.463 e. The van der Waals surface area contributed by atoms with Crippen LogP contribution >= 0.6 is 0 Å². The number of carbonyl (C=O) groups is 1. The molecule has 1 fully saturated rings. The number of para-hydroxylation sites is 1. The molecule has 0 radical (unpaired) electrons. The van der Waals surface area contributed by atoms with Gasteiger partial charge in [-0.1, -0.05) is 6.07 Å². The SMILES string of the molecule is CCOC(=O)c1ccc(N2CCC(NCCC(O)Oc3cccc4[nH]c(=O)[nH]c34)CC2)cc1. The zero-order chi connectivity index (χ0) is 23.2. The summed E-state index contributed by atoms with van der Waals surface area (Å²) in [5.74, 6) is 0.150. The first-order valence-corrected chi connectivity index (χ1v) is 11.3. The van der Waals surface area contributed by atoms with Crippen LogP contribution in [0.25, 0.3) is 11.0 Å². The third-order valence-corrected chi connectivity index (χ3v) is 5.84. The summed E-state index contributed by atoms with van der Waals surface area (Å²) in [6, 6.07) is 13.2. The van der Waals surface area contributed by atoms with Crippen LogP contribution in [0.2, 0.25) is 0 Å². The molecule has 2 aromatic carbocycles. The van der Waals surface area contributed by atoms with Crippen LogP contribution in [0, 0.1) is 0 Å². The molecule has 3 aromatic rings. The summed E-state index contributed by atoms with van der Waals surface area (Å²) < 4.78 is 10.7. The largest absolute Gasteiger partial charge is 0.463 e. The Balaban J connectivity index is 1.19. The molecule has 176 valence electrons. The molecule has 1 saturated heterocycles. The number of hydrogen-bond acceptors (Lipinski definition) is 7. The van der Waals surface area contributed by atoms with Gasteiger partial charge in [-0.05, 0) is 56.2 Å². The normalized spacial score (nSPS) is 15.5. The number of ether oxygens (including phenoxy) is 2. The van der Waals surface area contributed by atoms with Gasteiger partial charge in [-0.3, -0.25) is 0 Å². The van der Waals surface area contributed by atoms with Crippen molar-refractivity contribution in [3.8, 4) is 5.75 Å². The second kappa shape index (κ2) is 10.5. The van der Waals surface area contributed by atoms with Gasteiger partial charge in [-0.15, -0.1) is 0 Å². The van der Waals surface area contributed by atoms with E-state index >= 15 is 0 Å². The average Bonchev–Trinajstić information content (AvgIpc) is 3.21. The fourth-order valence-electron chi connectivity index (χ4n) is 4.11. The number of piperidine rings is 1. The predicted molar refractivity (Wildman–Crippen MR) is 126 cm³/mol. The van der Waals surface area contributed by atoms with Crippen LogP contribution in [-0.4, -0.2) is 59.6 Å². The highest BCUT2D eigenvalue weighted by atomic mass is 16.6. The number of aliphatic hydroxyl groups is 1. The van der Waals surface area contributed by atoms with Gasteiger partial charge in [0.25, 0.3) is 0 Å². The van der Waals surface area contributed by atoms with Crippen molar-refractivity contribution < 1.29 is 19.4 Å². The summed E-state index contributed by atoms with van der Waals surface area (Å²) in [7, 11) is 0. The zero-order valence-electron chi connectivity index (χ0n) is 18.7. The van der Waals surface area contributed by atoms with E-state index < -0.39 is 6.29 Å². The summed E-state index contributed by atoms with van der Waals surface area (Å²) in [6.45, 7) is 4.62. The van der Waals surface area contributed by atoms with Crippen molar-refractivity contribution in [2.24, 2.45) is 0 Å². The van der Waals surface area contributed by atoms with Crippen LogP contribution < -0.4 is 20.6 Å². The van der Waals surface area contributed by atoms with E-state index in [4.69, 9.17) is 9.47 Å². The molecular weight excluding hydrogens is 424 g/mol. The number of H-pyrrole nitrogens is 2. The van der Waals surface area contributed by atoms with Crippen molar-refractivity contribution in [3.05, 3.63) is 58.5 Å². The lowest BCUT2D eigenvalue weighted by Gasteiger charge is -2.34. The molecule has 33 heavy (non-hydrogen) atoms. The van der Waals surface area contributed by atoms with Crippen LogP contribution in [0.5, 0.6) is 5.75 Å². The molecule has 0 aliphatic carbocycles. The lowest BCUT2D eigenvalue weighted by Crippen LogP contribution is -2.43. The minimum atomic E-state index is -0.973. The van der Waals surface area contributed by atoms with Crippen LogP contribution in [-0.2, 0) is 4.74 Å². The van der Waals surface area contributed by atoms with Crippen LogP contribution in [0.4, 0.5) is 5.69 Å². The number of aromatic nitrogens is 2. The van der Waals surface area contributed by atoms with Crippen LogP contribution in [0.1, 0.15) is 36.5 Å². The molecular formula is C24H30N4O5. The van der Waals surface area contributed by atoms with Crippen molar-refractivity contribution in [3.63, 3.8) is 0 Å². The number of imidazole rings is 1. The number of aliphatic hydroxyl groups excluding tert-OH is 1. The van der Waals surface area contributed by atoms with Gasteiger partial charge in [0.05, 0.1) is 17.7 Å². The summed E-state index contributed by atoms with van der Waals surface area (Å²) >= 11 is 0. The number of fused-ring (bicyclic) bond motifs is 1. The Bertz CT molecular complexity index is 1120. The Morgan fingerprint density at radius 2 is 1.94 bits per heavy atom. The number of hydrogen-bond donors (Lipinski definition) is 4. The van der Waals surface area contributed by atoms with Gasteiger partial charge in [0.2, 0.25) is 0 Å². The van der Waals surface area contributed by atoms with E-state index in [1.54, 1.807) is 25.1 Å². The predicted octanol–water partition coefficient (Wildman–Crippen LogP) is 2.38. The fourth-order valence-corrected chi connectivity index (χ4v) is 4.11. The van der Waals surface area contributed by atoms with E-state index in [1.165, 1.54) is 0 Å². The monoisotopic (exact) mass is 454 g/mol. The van der Waals surface area contributed by atoms with Crippen molar-refractivity contribution in [1.82, 2.24) is 15.3 Å². The van der Waals surface area contributed by atoms with E-state index in [1.807, 2.05) is 24.3 Å². The second-order valence-corrected chi connectivity index (χ2v) is 8.10. The molecule has 4 N–H and O–H groups in total. The standard InChI is InChI=1S/C24H30N4O5/c1-2-32-23(30)16-6-8-18(9-7-16)28-14-11-17(12-15-28)25-13-10-21(29)33-20-5-3-4-19-22(20)27-24(31)26-19/h3-9,17,21,25,29H,2,10-15H2,1H3,(H2,26,27,31). The molecule has 0 saturated carbocycles. The minimum absolute atomic E-state index is 0.295. The van der Waals surface area contributed by atoms with Crippen molar-refractivity contribution in [2.45, 2.75) is 38.5 Å².